The topological polar surface area (TPSA) is 155 Å². The van der Waals surface area contributed by atoms with Gasteiger partial charge in [-0.15, -0.1) is 0 Å². The highest BCUT2D eigenvalue weighted by molar-refractivity contribution is 5.92. The zero-order chi connectivity index (χ0) is 22.5. The molecule has 1 saturated heterocycles. The van der Waals surface area contributed by atoms with Crippen LogP contribution in [0.1, 0.15) is 15.9 Å². The van der Waals surface area contributed by atoms with Crippen LogP contribution in [0.3, 0.4) is 0 Å². The van der Waals surface area contributed by atoms with E-state index >= 15 is 0 Å². The van der Waals surface area contributed by atoms with Crippen LogP contribution < -0.4 is 9.47 Å². The van der Waals surface area contributed by atoms with E-state index in [2.05, 4.69) is 0 Å². The summed E-state index contributed by atoms with van der Waals surface area (Å²) in [6.45, 7) is -0.901. The van der Waals surface area contributed by atoms with Crippen molar-refractivity contribution in [3.05, 3.63) is 53.6 Å². The van der Waals surface area contributed by atoms with Gasteiger partial charge in [-0.1, -0.05) is 12.1 Å². The van der Waals surface area contributed by atoms with Crippen molar-refractivity contribution in [2.24, 2.45) is 0 Å². The van der Waals surface area contributed by atoms with Crippen molar-refractivity contribution in [2.75, 3.05) is 13.7 Å². The fourth-order valence-electron chi connectivity index (χ4n) is 3.12. The molecule has 1 aliphatic heterocycles. The number of phenols is 1. The van der Waals surface area contributed by atoms with Crippen molar-refractivity contribution in [3.8, 4) is 17.2 Å². The predicted octanol–water partition coefficient (Wildman–Crippen LogP) is -0.0635. The molecule has 2 aromatic carbocycles. The van der Waals surface area contributed by atoms with Crippen molar-refractivity contribution in [2.45, 2.75) is 37.3 Å². The monoisotopic (exact) mass is 436 g/mol. The van der Waals surface area contributed by atoms with Gasteiger partial charge >= 0.3 is 5.97 Å². The van der Waals surface area contributed by atoms with Crippen LogP contribution in [0.15, 0.2) is 42.5 Å². The second-order valence-electron chi connectivity index (χ2n) is 6.88. The van der Waals surface area contributed by atoms with Crippen LogP contribution in [0.4, 0.5) is 0 Å². The average molecular weight is 436 g/mol. The minimum atomic E-state index is -1.62. The van der Waals surface area contributed by atoms with E-state index in [1.165, 1.54) is 31.4 Å². The van der Waals surface area contributed by atoms with Crippen LogP contribution >= 0.6 is 0 Å². The SMILES string of the molecule is COc1ccccc1C(=O)OCc1cc(O)ccc1OC1OC(CO)C(O)C(O)C1O. The number of carbonyl (C=O) groups excluding carboxylic acids is 1. The number of hydrogen-bond acceptors (Lipinski definition) is 10. The molecule has 5 unspecified atom stereocenters. The number of aromatic hydroxyl groups is 1. The van der Waals surface area contributed by atoms with Crippen LogP contribution in [-0.4, -0.2) is 75.9 Å². The molecular weight excluding hydrogens is 412 g/mol. The molecule has 10 nitrogen and oxygen atoms in total. The number of ether oxygens (including phenoxy) is 4. The number of phenolic OH excluding ortho intramolecular Hbond substituents is 1. The normalized spacial score (nSPS) is 25.6. The molecular formula is C21H24O10. The van der Waals surface area contributed by atoms with Gasteiger partial charge in [0.05, 0.1) is 13.7 Å². The van der Waals surface area contributed by atoms with E-state index in [4.69, 9.17) is 18.9 Å². The van der Waals surface area contributed by atoms with Crippen molar-refractivity contribution in [1.29, 1.82) is 0 Å². The van der Waals surface area contributed by atoms with E-state index in [-0.39, 0.29) is 29.2 Å². The molecule has 5 N–H and O–H groups in total. The van der Waals surface area contributed by atoms with Gasteiger partial charge in [0.1, 0.15) is 53.8 Å². The largest absolute Gasteiger partial charge is 0.508 e. The molecule has 0 spiro atoms. The van der Waals surface area contributed by atoms with Crippen LogP contribution in [-0.2, 0) is 16.1 Å². The Hall–Kier alpha value is -2.89. The number of benzene rings is 2. The summed E-state index contributed by atoms with van der Waals surface area (Å²) in [5.41, 5.74) is 0.460. The van der Waals surface area contributed by atoms with Crippen molar-refractivity contribution in [1.82, 2.24) is 0 Å². The van der Waals surface area contributed by atoms with E-state index in [0.29, 0.717) is 5.75 Å². The Balaban J connectivity index is 1.76. The molecule has 0 bridgehead atoms. The molecule has 3 rings (SSSR count). The van der Waals surface area contributed by atoms with E-state index in [1.54, 1.807) is 18.2 Å². The van der Waals surface area contributed by atoms with Crippen molar-refractivity contribution < 1.29 is 49.3 Å². The zero-order valence-electron chi connectivity index (χ0n) is 16.6. The van der Waals surface area contributed by atoms with E-state index in [0.717, 1.165) is 0 Å². The van der Waals surface area contributed by atoms with Gasteiger partial charge in [-0.25, -0.2) is 4.79 Å². The molecule has 2 aromatic rings. The fraction of sp³-hybridized carbons (Fsp3) is 0.381. The van der Waals surface area contributed by atoms with Gasteiger partial charge in [0.25, 0.3) is 0 Å². The molecule has 0 saturated carbocycles. The Morgan fingerprint density at radius 1 is 1.03 bits per heavy atom. The number of rotatable bonds is 7. The van der Waals surface area contributed by atoms with Crippen LogP contribution in [0.2, 0.25) is 0 Å². The lowest BCUT2D eigenvalue weighted by Crippen LogP contribution is -2.60. The third-order valence-corrected chi connectivity index (χ3v) is 4.82. The standard InChI is InChI=1S/C21H24O10/c1-28-15-5-3-2-4-13(15)20(27)29-10-11-8-12(23)6-7-14(11)30-21-19(26)18(25)17(24)16(9-22)31-21/h2-8,16-19,21-26H,9-10H2,1H3. The van der Waals surface area contributed by atoms with Gasteiger partial charge in [0.15, 0.2) is 0 Å². The number of aliphatic hydroxyl groups is 4. The lowest BCUT2D eigenvalue weighted by atomic mass is 9.99. The quantitative estimate of drug-likeness (QED) is 0.373. The summed E-state index contributed by atoms with van der Waals surface area (Å²) in [4.78, 5) is 12.4. The molecule has 168 valence electrons. The second kappa shape index (κ2) is 9.94. The van der Waals surface area contributed by atoms with Gasteiger partial charge in [0, 0.05) is 5.56 Å². The van der Waals surface area contributed by atoms with Gasteiger partial charge in [0.2, 0.25) is 6.29 Å². The third kappa shape index (κ3) is 5.06. The number of aliphatic hydroxyl groups excluding tert-OH is 4. The molecule has 1 fully saturated rings. The van der Waals surface area contributed by atoms with Crippen LogP contribution in [0.5, 0.6) is 17.2 Å². The molecule has 1 aliphatic rings. The number of para-hydroxylation sites is 1. The summed E-state index contributed by atoms with van der Waals surface area (Å²) >= 11 is 0. The Morgan fingerprint density at radius 2 is 1.77 bits per heavy atom. The number of methoxy groups -OCH3 is 1. The third-order valence-electron chi connectivity index (χ3n) is 4.82. The van der Waals surface area contributed by atoms with E-state index in [9.17, 15) is 30.3 Å². The smallest absolute Gasteiger partial charge is 0.342 e. The highest BCUT2D eigenvalue weighted by Gasteiger charge is 2.44. The predicted molar refractivity (Wildman–Crippen MR) is 105 cm³/mol. The molecule has 0 amide bonds. The highest BCUT2D eigenvalue weighted by atomic mass is 16.7. The molecule has 5 atom stereocenters. The maximum atomic E-state index is 12.4. The Labute approximate surface area is 177 Å². The van der Waals surface area contributed by atoms with E-state index < -0.39 is 43.3 Å². The molecule has 1 heterocycles. The average Bonchev–Trinajstić information content (AvgIpc) is 2.78. The van der Waals surface area contributed by atoms with Gasteiger partial charge in [-0.2, -0.15) is 0 Å². The fourth-order valence-corrected chi connectivity index (χ4v) is 3.12. The second-order valence-corrected chi connectivity index (χ2v) is 6.88. The first-order valence-corrected chi connectivity index (χ1v) is 9.45. The summed E-state index contributed by atoms with van der Waals surface area (Å²) < 4.78 is 21.4. The van der Waals surface area contributed by atoms with E-state index in [1.807, 2.05) is 0 Å². The number of esters is 1. The van der Waals surface area contributed by atoms with Crippen LogP contribution in [0, 0.1) is 0 Å². The van der Waals surface area contributed by atoms with Crippen molar-refractivity contribution in [3.63, 3.8) is 0 Å². The molecule has 10 heteroatoms. The molecule has 0 aliphatic carbocycles. The number of hydrogen-bond donors (Lipinski definition) is 5. The first-order chi connectivity index (χ1) is 14.8. The van der Waals surface area contributed by atoms with Gasteiger partial charge < -0.3 is 44.5 Å². The maximum absolute atomic E-state index is 12.4. The Bertz CT molecular complexity index is 899. The lowest BCUT2D eigenvalue weighted by Gasteiger charge is -2.39. The number of carbonyl (C=O) groups is 1. The first-order valence-electron chi connectivity index (χ1n) is 9.45. The molecule has 0 radical (unpaired) electrons. The summed E-state index contributed by atoms with van der Waals surface area (Å²) in [6.07, 6.45) is -7.33. The van der Waals surface area contributed by atoms with Gasteiger partial charge in [-0.3, -0.25) is 0 Å². The lowest BCUT2D eigenvalue weighted by molar-refractivity contribution is -0.277. The van der Waals surface area contributed by atoms with Crippen LogP contribution in [0.25, 0.3) is 0 Å². The molecule has 31 heavy (non-hydrogen) atoms. The minimum Gasteiger partial charge on any atom is -0.508 e. The first kappa shape index (κ1) is 22.8. The summed E-state index contributed by atoms with van der Waals surface area (Å²) in [5.74, 6) is -0.361. The van der Waals surface area contributed by atoms with Gasteiger partial charge in [-0.05, 0) is 30.3 Å². The molecule has 0 aromatic heterocycles. The highest BCUT2D eigenvalue weighted by Crippen LogP contribution is 2.30. The van der Waals surface area contributed by atoms with Crippen molar-refractivity contribution >= 4 is 5.97 Å². The minimum absolute atomic E-state index is 0.0926. The summed E-state index contributed by atoms with van der Waals surface area (Å²) in [5, 5.41) is 49.1. The Morgan fingerprint density at radius 3 is 2.48 bits per heavy atom. The summed E-state index contributed by atoms with van der Waals surface area (Å²) in [6, 6.07) is 10.5. The zero-order valence-corrected chi connectivity index (χ0v) is 16.6. The summed E-state index contributed by atoms with van der Waals surface area (Å²) in [7, 11) is 1.42. The maximum Gasteiger partial charge on any atom is 0.342 e. The Kier molecular flexibility index (Phi) is 7.31.